The number of aliphatic carboxylic acids is 1. The Balaban J connectivity index is 1.48. The fourth-order valence-electron chi connectivity index (χ4n) is 3.24. The molecule has 0 aliphatic carbocycles. The van der Waals surface area contributed by atoms with Gasteiger partial charge < -0.3 is 20.0 Å². The minimum Gasteiger partial charge on any atom is -0.544 e. The van der Waals surface area contributed by atoms with Gasteiger partial charge in [-0.1, -0.05) is 66.4 Å². The third-order valence-corrected chi connectivity index (χ3v) is 5.97. The number of carbonyl (C=O) groups excluding carboxylic acids is 1. The van der Waals surface area contributed by atoms with Crippen molar-refractivity contribution in [3.05, 3.63) is 77.9 Å². The molecule has 3 aromatic rings. The predicted molar refractivity (Wildman–Crippen MR) is 101 cm³/mol. The highest BCUT2D eigenvalue weighted by atomic mass is 32.2. The summed E-state index contributed by atoms with van der Waals surface area (Å²) in [4.78, 5) is 11.0. The van der Waals surface area contributed by atoms with Gasteiger partial charge >= 0.3 is 0 Å². The fraction of sp³-hybridized carbons (Fsp3) is 0.190. The fourth-order valence-corrected chi connectivity index (χ4v) is 4.55. The molecule has 2 N–H and O–H groups in total. The van der Waals surface area contributed by atoms with Gasteiger partial charge in [-0.25, -0.2) is 0 Å². The molecule has 0 saturated carbocycles. The van der Waals surface area contributed by atoms with E-state index in [9.17, 15) is 9.90 Å². The molecule has 1 aliphatic heterocycles. The normalized spacial score (nSPS) is 19.5. The zero-order valence-electron chi connectivity index (χ0n) is 14.1. The van der Waals surface area contributed by atoms with Crippen molar-refractivity contribution in [2.75, 3.05) is 5.75 Å². The van der Waals surface area contributed by atoms with Crippen molar-refractivity contribution in [2.24, 2.45) is 0 Å². The second-order valence-electron chi connectivity index (χ2n) is 6.37. The summed E-state index contributed by atoms with van der Waals surface area (Å²) in [5.74, 6) is 0.360. The van der Waals surface area contributed by atoms with Crippen LogP contribution in [0.4, 0.5) is 0 Å². The van der Waals surface area contributed by atoms with E-state index in [1.807, 2.05) is 47.8 Å². The monoisotopic (exact) mass is 365 g/mol. The van der Waals surface area contributed by atoms with Crippen molar-refractivity contribution >= 4 is 28.5 Å². The van der Waals surface area contributed by atoms with Crippen molar-refractivity contribution in [1.82, 2.24) is 0 Å². The van der Waals surface area contributed by atoms with E-state index in [0.29, 0.717) is 12.4 Å². The van der Waals surface area contributed by atoms with Crippen molar-refractivity contribution in [2.45, 2.75) is 18.0 Å². The molecule has 3 aromatic carbocycles. The maximum absolute atomic E-state index is 11.0. The van der Waals surface area contributed by atoms with E-state index in [-0.39, 0.29) is 5.37 Å². The summed E-state index contributed by atoms with van der Waals surface area (Å²) in [6, 6.07) is 21.9. The van der Waals surface area contributed by atoms with Crippen LogP contribution in [0.5, 0.6) is 5.75 Å². The number of carboxylic acids is 1. The average molecular weight is 365 g/mol. The molecule has 4 nitrogen and oxygen atoms in total. The number of ether oxygens (including phenoxy) is 1. The van der Waals surface area contributed by atoms with Gasteiger partial charge in [0.25, 0.3) is 0 Å². The lowest BCUT2D eigenvalue weighted by Gasteiger charge is -2.13. The van der Waals surface area contributed by atoms with Crippen LogP contribution in [0.3, 0.4) is 0 Å². The quantitative estimate of drug-likeness (QED) is 0.749. The highest BCUT2D eigenvalue weighted by Gasteiger charge is 2.30. The molecule has 1 heterocycles. The maximum Gasteiger partial charge on any atom is 0.159 e. The molecular formula is C21H19NO3S. The smallest absolute Gasteiger partial charge is 0.159 e. The second kappa shape index (κ2) is 7.40. The Labute approximate surface area is 156 Å². The van der Waals surface area contributed by atoms with Crippen molar-refractivity contribution in [3.63, 3.8) is 0 Å². The molecule has 26 heavy (non-hydrogen) atoms. The lowest BCUT2D eigenvalue weighted by atomic mass is 10.1. The van der Waals surface area contributed by atoms with Crippen LogP contribution in [0.25, 0.3) is 10.8 Å². The molecule has 132 valence electrons. The van der Waals surface area contributed by atoms with Crippen LogP contribution in [0.2, 0.25) is 0 Å². The van der Waals surface area contributed by atoms with Gasteiger partial charge in [0.1, 0.15) is 24.4 Å². The van der Waals surface area contributed by atoms with Gasteiger partial charge in [-0.2, -0.15) is 0 Å². The summed E-state index contributed by atoms with van der Waals surface area (Å²) in [5, 5.41) is 15.3. The van der Waals surface area contributed by atoms with E-state index in [2.05, 4.69) is 24.3 Å². The minimum atomic E-state index is -0.997. The third kappa shape index (κ3) is 3.54. The first-order valence-corrected chi connectivity index (χ1v) is 9.62. The second-order valence-corrected chi connectivity index (χ2v) is 7.55. The Morgan fingerprint density at radius 3 is 2.77 bits per heavy atom. The highest BCUT2D eigenvalue weighted by molar-refractivity contribution is 7.99. The van der Waals surface area contributed by atoms with Crippen LogP contribution in [0.1, 0.15) is 16.5 Å². The largest absolute Gasteiger partial charge is 0.544 e. The summed E-state index contributed by atoms with van der Waals surface area (Å²) in [6.45, 7) is 0.494. The van der Waals surface area contributed by atoms with Crippen LogP contribution in [0, 0.1) is 0 Å². The number of carboxylic acid groups (broad SMARTS) is 1. The number of thioether (sulfide) groups is 1. The molecule has 4 rings (SSSR count). The summed E-state index contributed by atoms with van der Waals surface area (Å²) >= 11 is 1.62. The summed E-state index contributed by atoms with van der Waals surface area (Å²) in [6.07, 6.45) is 0. The number of hydrogen-bond donors (Lipinski definition) is 1. The summed E-state index contributed by atoms with van der Waals surface area (Å²) in [7, 11) is 0. The van der Waals surface area contributed by atoms with Gasteiger partial charge in [0, 0.05) is 5.56 Å². The molecule has 1 fully saturated rings. The zero-order valence-corrected chi connectivity index (χ0v) is 14.9. The number of benzene rings is 3. The van der Waals surface area contributed by atoms with E-state index >= 15 is 0 Å². The van der Waals surface area contributed by atoms with Gasteiger partial charge in [-0.15, -0.1) is 0 Å². The molecule has 5 heteroatoms. The van der Waals surface area contributed by atoms with Gasteiger partial charge in [0.15, 0.2) is 5.37 Å². The minimum absolute atomic E-state index is 0.0685. The number of rotatable bonds is 5. The molecule has 0 radical (unpaired) electrons. The Morgan fingerprint density at radius 1 is 1.12 bits per heavy atom. The lowest BCUT2D eigenvalue weighted by molar-refractivity contribution is -0.690. The molecular weight excluding hydrogens is 346 g/mol. The summed E-state index contributed by atoms with van der Waals surface area (Å²) in [5.41, 5.74) is 2.21. The molecule has 0 bridgehead atoms. The lowest BCUT2D eigenvalue weighted by Crippen LogP contribution is -2.90. The molecule has 2 atom stereocenters. The van der Waals surface area contributed by atoms with E-state index in [0.717, 1.165) is 16.9 Å². The average Bonchev–Trinajstić information content (AvgIpc) is 3.17. The van der Waals surface area contributed by atoms with Crippen LogP contribution in [-0.4, -0.2) is 17.8 Å². The highest BCUT2D eigenvalue weighted by Crippen LogP contribution is 2.29. The number of fused-ring (bicyclic) bond motifs is 1. The van der Waals surface area contributed by atoms with Gasteiger partial charge in [-0.3, -0.25) is 0 Å². The van der Waals surface area contributed by atoms with E-state index in [4.69, 9.17) is 4.74 Å². The number of nitrogens with two attached hydrogens (primary N) is 1. The predicted octanol–water partition coefficient (Wildman–Crippen LogP) is 1.85. The molecule has 1 aliphatic rings. The maximum atomic E-state index is 11.0. The van der Waals surface area contributed by atoms with E-state index in [1.165, 1.54) is 10.8 Å². The zero-order chi connectivity index (χ0) is 17.9. The molecule has 0 aromatic heterocycles. The third-order valence-electron chi connectivity index (χ3n) is 4.63. The number of hydrogen-bond acceptors (Lipinski definition) is 4. The Hall–Kier alpha value is -2.50. The summed E-state index contributed by atoms with van der Waals surface area (Å²) < 4.78 is 6.02. The number of carbonyl (C=O) groups is 1. The Bertz CT molecular complexity index is 938. The SMILES string of the molecule is O=C([O-])[C@H]1CS[C@H](c2cccc(OCc3cccc4ccccc34)c2)[NH2+]1. The first-order valence-electron chi connectivity index (χ1n) is 8.57. The van der Waals surface area contributed by atoms with Crippen LogP contribution >= 0.6 is 11.8 Å². The molecule has 1 saturated heterocycles. The van der Waals surface area contributed by atoms with Crippen molar-refractivity contribution in [1.29, 1.82) is 0 Å². The first kappa shape index (κ1) is 16.9. The van der Waals surface area contributed by atoms with Crippen molar-refractivity contribution in [3.8, 4) is 5.75 Å². The van der Waals surface area contributed by atoms with Crippen LogP contribution in [0.15, 0.2) is 66.7 Å². The van der Waals surface area contributed by atoms with Gasteiger partial charge in [0.2, 0.25) is 0 Å². The van der Waals surface area contributed by atoms with Crippen LogP contribution < -0.4 is 15.2 Å². The van der Waals surface area contributed by atoms with E-state index < -0.39 is 12.0 Å². The topological polar surface area (TPSA) is 66.0 Å². The molecule has 0 amide bonds. The number of quaternary nitrogens is 1. The standard InChI is InChI=1S/C21H19NO3S/c23-21(24)19-13-26-20(22-19)15-7-4-9-17(11-15)25-12-16-8-3-6-14-5-1-2-10-18(14)16/h1-11,19-20,22H,12-13H2,(H,23,24)/t19-,20-/m1/s1. The van der Waals surface area contributed by atoms with E-state index in [1.54, 1.807) is 11.8 Å². The van der Waals surface area contributed by atoms with Gasteiger partial charge in [-0.05, 0) is 28.5 Å². The molecule has 0 unspecified atom stereocenters. The first-order chi connectivity index (χ1) is 12.7. The van der Waals surface area contributed by atoms with Crippen molar-refractivity contribution < 1.29 is 20.0 Å². The van der Waals surface area contributed by atoms with Crippen LogP contribution in [-0.2, 0) is 11.4 Å². The Kier molecular flexibility index (Phi) is 4.82. The van der Waals surface area contributed by atoms with Gasteiger partial charge in [0.05, 0.1) is 5.75 Å². The Morgan fingerprint density at radius 2 is 1.92 bits per heavy atom. The molecule has 0 spiro atoms.